The molecule has 0 aromatic heterocycles. The average molecular weight is 331 g/mol. The molecule has 0 bridgehead atoms. The molecular weight excluding hydrogens is 319 g/mol. The van der Waals surface area contributed by atoms with Gasteiger partial charge in [-0.2, -0.15) is 0 Å². The lowest BCUT2D eigenvalue weighted by molar-refractivity contribution is 0.306. The second-order valence-electron chi connectivity index (χ2n) is 4.52. The molecule has 0 heterocycles. The Balaban J connectivity index is 1.90. The Morgan fingerprint density at radius 2 is 1.75 bits per heavy atom. The topological polar surface area (TPSA) is 9.23 Å². The van der Waals surface area contributed by atoms with E-state index in [1.165, 1.54) is 6.07 Å². The maximum atomic E-state index is 13.8. The van der Waals surface area contributed by atoms with Crippen molar-refractivity contribution in [1.82, 2.24) is 0 Å². The second-order valence-corrected chi connectivity index (χ2v) is 5.37. The number of hydrogen-bond donors (Lipinski definition) is 0. The summed E-state index contributed by atoms with van der Waals surface area (Å²) in [7, 11) is 0. The van der Waals surface area contributed by atoms with Crippen molar-refractivity contribution in [1.29, 1.82) is 0 Å². The first-order valence-electron chi connectivity index (χ1n) is 6.28. The van der Waals surface area contributed by atoms with Gasteiger partial charge >= 0.3 is 0 Å². The van der Waals surface area contributed by atoms with Crippen molar-refractivity contribution in [3.63, 3.8) is 0 Å². The number of ether oxygens (including phenoxy) is 1. The summed E-state index contributed by atoms with van der Waals surface area (Å²) >= 11 is 3.40. The maximum absolute atomic E-state index is 13.8. The van der Waals surface area contributed by atoms with Crippen molar-refractivity contribution in [3.05, 3.63) is 76.5 Å². The lowest BCUT2D eigenvalue weighted by Gasteiger charge is -2.09. The van der Waals surface area contributed by atoms with Gasteiger partial charge in [-0.05, 0) is 45.1 Å². The van der Waals surface area contributed by atoms with E-state index in [1.807, 2.05) is 42.5 Å². The van der Waals surface area contributed by atoms with Gasteiger partial charge in [0, 0.05) is 9.86 Å². The van der Waals surface area contributed by atoms with E-state index in [0.29, 0.717) is 16.5 Å². The van der Waals surface area contributed by atoms with Crippen LogP contribution in [0.15, 0.2) is 65.1 Å². The van der Waals surface area contributed by atoms with Crippen LogP contribution < -0.4 is 4.74 Å². The van der Waals surface area contributed by atoms with Crippen LogP contribution in [0.25, 0.3) is 10.8 Å². The van der Waals surface area contributed by atoms with E-state index in [4.69, 9.17) is 4.74 Å². The summed E-state index contributed by atoms with van der Waals surface area (Å²) < 4.78 is 20.2. The van der Waals surface area contributed by atoms with E-state index in [0.717, 1.165) is 16.7 Å². The van der Waals surface area contributed by atoms with Gasteiger partial charge in [0.15, 0.2) is 0 Å². The molecule has 0 aliphatic heterocycles. The van der Waals surface area contributed by atoms with Crippen molar-refractivity contribution in [2.75, 3.05) is 0 Å². The lowest BCUT2D eigenvalue weighted by atomic mass is 10.1. The summed E-state index contributed by atoms with van der Waals surface area (Å²) in [6.45, 7) is 0.494. The van der Waals surface area contributed by atoms with Gasteiger partial charge in [-0.15, -0.1) is 0 Å². The highest BCUT2D eigenvalue weighted by atomic mass is 79.9. The predicted molar refractivity (Wildman–Crippen MR) is 82.4 cm³/mol. The zero-order chi connectivity index (χ0) is 13.9. The summed E-state index contributed by atoms with van der Waals surface area (Å²) in [5.74, 6) is 0.489. The molecule has 0 aliphatic rings. The molecule has 1 nitrogen and oxygen atoms in total. The van der Waals surface area contributed by atoms with Crippen molar-refractivity contribution in [3.8, 4) is 5.75 Å². The number of halogens is 2. The minimum Gasteiger partial charge on any atom is -0.489 e. The molecule has 0 saturated heterocycles. The third-order valence-corrected chi connectivity index (χ3v) is 3.73. The predicted octanol–water partition coefficient (Wildman–Crippen LogP) is 5.32. The summed E-state index contributed by atoms with van der Waals surface area (Å²) in [6, 6.07) is 18.6. The Kier molecular flexibility index (Phi) is 3.70. The number of benzene rings is 3. The van der Waals surface area contributed by atoms with Gasteiger partial charge < -0.3 is 4.74 Å². The first-order valence-corrected chi connectivity index (χ1v) is 7.08. The monoisotopic (exact) mass is 330 g/mol. The zero-order valence-electron chi connectivity index (χ0n) is 10.6. The molecule has 0 radical (unpaired) electrons. The molecule has 0 spiro atoms. The van der Waals surface area contributed by atoms with E-state index in [9.17, 15) is 4.39 Å². The van der Waals surface area contributed by atoms with Crippen molar-refractivity contribution >= 4 is 26.7 Å². The fourth-order valence-electron chi connectivity index (χ4n) is 2.13. The van der Waals surface area contributed by atoms with Gasteiger partial charge in [-0.3, -0.25) is 0 Å². The van der Waals surface area contributed by atoms with Crippen molar-refractivity contribution in [2.45, 2.75) is 6.61 Å². The Hall–Kier alpha value is -1.87. The first kappa shape index (κ1) is 13.1. The molecule has 3 aromatic carbocycles. The molecule has 0 fully saturated rings. The van der Waals surface area contributed by atoms with Gasteiger partial charge in [0.1, 0.15) is 18.2 Å². The van der Waals surface area contributed by atoms with Crippen LogP contribution in [-0.4, -0.2) is 0 Å². The zero-order valence-corrected chi connectivity index (χ0v) is 12.2. The molecule has 0 aliphatic carbocycles. The first-order chi connectivity index (χ1) is 9.74. The van der Waals surface area contributed by atoms with E-state index in [2.05, 4.69) is 15.9 Å². The molecule has 3 heteroatoms. The summed E-state index contributed by atoms with van der Waals surface area (Å²) in [5, 5.41) is 1.40. The van der Waals surface area contributed by atoms with Gasteiger partial charge in [0.2, 0.25) is 0 Å². The van der Waals surface area contributed by atoms with Crippen LogP contribution in [0.2, 0.25) is 0 Å². The van der Waals surface area contributed by atoms with Crippen LogP contribution in [0.3, 0.4) is 0 Å². The van der Waals surface area contributed by atoms with Gasteiger partial charge in [-0.1, -0.05) is 42.5 Å². The van der Waals surface area contributed by atoms with Crippen LogP contribution in [0.1, 0.15) is 5.56 Å². The molecule has 3 rings (SSSR count). The third kappa shape index (κ3) is 2.68. The molecule has 0 unspecified atom stereocenters. The van der Waals surface area contributed by atoms with E-state index < -0.39 is 0 Å². The number of hydrogen-bond acceptors (Lipinski definition) is 1. The van der Waals surface area contributed by atoms with Crippen LogP contribution in [0.4, 0.5) is 4.39 Å². The molecule has 20 heavy (non-hydrogen) atoms. The SMILES string of the molecule is Fc1cccc2cc(OCc3ccccc3)cc(Br)c12. The summed E-state index contributed by atoms with van der Waals surface area (Å²) in [4.78, 5) is 0. The Morgan fingerprint density at radius 1 is 0.950 bits per heavy atom. The maximum Gasteiger partial charge on any atom is 0.132 e. The van der Waals surface area contributed by atoms with E-state index in [-0.39, 0.29) is 5.82 Å². The number of rotatable bonds is 3. The highest BCUT2D eigenvalue weighted by molar-refractivity contribution is 9.10. The average Bonchev–Trinajstić information content (AvgIpc) is 2.46. The fraction of sp³-hybridized carbons (Fsp3) is 0.0588. The molecule has 0 N–H and O–H groups in total. The standard InChI is InChI=1S/C17H12BrFO/c18-15-10-14(20-11-12-5-2-1-3-6-12)9-13-7-4-8-16(19)17(13)15/h1-10H,11H2. The highest BCUT2D eigenvalue weighted by Crippen LogP contribution is 2.31. The lowest BCUT2D eigenvalue weighted by Crippen LogP contribution is -1.95. The van der Waals surface area contributed by atoms with Crippen molar-refractivity contribution < 1.29 is 9.13 Å². The fourth-order valence-corrected chi connectivity index (χ4v) is 2.77. The van der Waals surface area contributed by atoms with Gasteiger partial charge in [0.25, 0.3) is 0 Å². The van der Waals surface area contributed by atoms with Gasteiger partial charge in [-0.25, -0.2) is 4.39 Å². The summed E-state index contributed by atoms with van der Waals surface area (Å²) in [6.07, 6.45) is 0. The van der Waals surface area contributed by atoms with Crippen molar-refractivity contribution in [2.24, 2.45) is 0 Å². The normalized spacial score (nSPS) is 10.7. The molecule has 0 atom stereocenters. The minimum absolute atomic E-state index is 0.232. The second kappa shape index (κ2) is 5.63. The van der Waals surface area contributed by atoms with E-state index >= 15 is 0 Å². The Bertz CT molecular complexity index is 741. The highest BCUT2D eigenvalue weighted by Gasteiger charge is 2.07. The third-order valence-electron chi connectivity index (χ3n) is 3.10. The smallest absolute Gasteiger partial charge is 0.132 e. The van der Waals surface area contributed by atoms with Crippen LogP contribution in [0, 0.1) is 5.82 Å². The Labute approximate surface area is 125 Å². The molecule has 100 valence electrons. The summed E-state index contributed by atoms with van der Waals surface area (Å²) in [5.41, 5.74) is 1.10. The van der Waals surface area contributed by atoms with E-state index in [1.54, 1.807) is 12.1 Å². The van der Waals surface area contributed by atoms with Crippen LogP contribution >= 0.6 is 15.9 Å². The molecule has 0 saturated carbocycles. The quantitative estimate of drug-likeness (QED) is 0.631. The Morgan fingerprint density at radius 3 is 2.55 bits per heavy atom. The molecule has 3 aromatic rings. The van der Waals surface area contributed by atoms with Gasteiger partial charge in [0.05, 0.1) is 0 Å². The largest absolute Gasteiger partial charge is 0.489 e. The molecular formula is C17H12BrFO. The molecule has 0 amide bonds. The van der Waals surface area contributed by atoms with Crippen LogP contribution in [-0.2, 0) is 6.61 Å². The van der Waals surface area contributed by atoms with Crippen LogP contribution in [0.5, 0.6) is 5.75 Å². The minimum atomic E-state index is -0.232. The number of fused-ring (bicyclic) bond motifs is 1.